The summed E-state index contributed by atoms with van der Waals surface area (Å²) < 4.78 is 5.53. The van der Waals surface area contributed by atoms with E-state index in [0.717, 1.165) is 5.82 Å². The van der Waals surface area contributed by atoms with Crippen molar-refractivity contribution in [3.8, 4) is 5.75 Å². The Morgan fingerprint density at radius 2 is 1.76 bits per heavy atom. The van der Waals surface area contributed by atoms with E-state index in [9.17, 15) is 9.59 Å². The third kappa shape index (κ3) is 5.23. The normalized spacial score (nSPS) is 13.5. The van der Waals surface area contributed by atoms with Gasteiger partial charge in [0, 0.05) is 32.4 Å². The number of nitrogens with one attached hydrogen (secondary N) is 1. The van der Waals surface area contributed by atoms with Gasteiger partial charge >= 0.3 is 0 Å². The standard InChI is InChI=1S/C24H24ClN5O3/c1-2-33-20-8-4-3-6-18(20)23(31)28-17-9-10-21(27-16-17)29-12-14-30(15-13-29)24(32)19-7-5-11-26-22(19)25/h3-11,16H,2,12-15H2,1H3,(H,28,31). The zero-order chi connectivity index (χ0) is 23.2. The predicted molar refractivity (Wildman–Crippen MR) is 127 cm³/mol. The highest BCUT2D eigenvalue weighted by molar-refractivity contribution is 6.32. The lowest BCUT2D eigenvalue weighted by Crippen LogP contribution is -2.49. The summed E-state index contributed by atoms with van der Waals surface area (Å²) in [6.07, 6.45) is 3.19. The molecular weight excluding hydrogens is 442 g/mol. The quantitative estimate of drug-likeness (QED) is 0.558. The average Bonchev–Trinajstić information content (AvgIpc) is 2.85. The van der Waals surface area contributed by atoms with Gasteiger partial charge in [0.1, 0.15) is 16.7 Å². The van der Waals surface area contributed by atoms with E-state index < -0.39 is 0 Å². The fourth-order valence-corrected chi connectivity index (χ4v) is 3.84. The van der Waals surface area contributed by atoms with Gasteiger partial charge in [-0.05, 0) is 43.3 Å². The molecule has 1 N–H and O–H groups in total. The van der Waals surface area contributed by atoms with Crippen LogP contribution in [0.4, 0.5) is 11.5 Å². The maximum atomic E-state index is 12.7. The van der Waals surface area contributed by atoms with Crippen molar-refractivity contribution < 1.29 is 14.3 Å². The van der Waals surface area contributed by atoms with Crippen LogP contribution in [0.1, 0.15) is 27.6 Å². The minimum absolute atomic E-state index is 0.119. The lowest BCUT2D eigenvalue weighted by Gasteiger charge is -2.35. The molecule has 3 aromatic rings. The summed E-state index contributed by atoms with van der Waals surface area (Å²) in [5, 5.41) is 3.08. The van der Waals surface area contributed by atoms with Crippen molar-refractivity contribution in [2.45, 2.75) is 6.92 Å². The van der Waals surface area contributed by atoms with Crippen molar-refractivity contribution in [3.05, 3.63) is 77.2 Å². The van der Waals surface area contributed by atoms with Gasteiger partial charge in [-0.15, -0.1) is 0 Å². The van der Waals surface area contributed by atoms with Crippen LogP contribution in [0, 0.1) is 0 Å². The molecule has 0 atom stereocenters. The Balaban J connectivity index is 1.35. The van der Waals surface area contributed by atoms with Crippen LogP contribution in [0.15, 0.2) is 60.9 Å². The van der Waals surface area contributed by atoms with E-state index in [1.807, 2.05) is 25.1 Å². The number of aromatic nitrogens is 2. The van der Waals surface area contributed by atoms with E-state index in [1.165, 1.54) is 0 Å². The zero-order valence-electron chi connectivity index (χ0n) is 18.2. The predicted octanol–water partition coefficient (Wildman–Crippen LogP) is 3.74. The highest BCUT2D eigenvalue weighted by atomic mass is 35.5. The second-order valence-electron chi connectivity index (χ2n) is 7.41. The molecule has 3 heterocycles. The van der Waals surface area contributed by atoms with Crippen LogP contribution in [-0.4, -0.2) is 59.5 Å². The van der Waals surface area contributed by atoms with Gasteiger partial charge in [0.25, 0.3) is 11.8 Å². The summed E-state index contributed by atoms with van der Waals surface area (Å²) in [5.41, 5.74) is 1.48. The largest absolute Gasteiger partial charge is 0.493 e. The number of benzene rings is 1. The fourth-order valence-electron chi connectivity index (χ4n) is 3.64. The SMILES string of the molecule is CCOc1ccccc1C(=O)Nc1ccc(N2CCN(C(=O)c3cccnc3Cl)CC2)nc1. The molecule has 1 saturated heterocycles. The second-order valence-corrected chi connectivity index (χ2v) is 7.77. The minimum atomic E-state index is -0.255. The fraction of sp³-hybridized carbons (Fsp3) is 0.250. The number of pyridine rings is 2. The first-order valence-electron chi connectivity index (χ1n) is 10.7. The number of amides is 2. The molecule has 1 aliphatic heterocycles. The number of hydrogen-bond acceptors (Lipinski definition) is 6. The number of carbonyl (C=O) groups excluding carboxylic acids is 2. The maximum absolute atomic E-state index is 12.7. The second kappa shape index (κ2) is 10.3. The first-order chi connectivity index (χ1) is 16.1. The van der Waals surface area contributed by atoms with E-state index in [1.54, 1.807) is 47.6 Å². The third-order valence-corrected chi connectivity index (χ3v) is 5.62. The van der Waals surface area contributed by atoms with Gasteiger partial charge in [-0.2, -0.15) is 0 Å². The summed E-state index contributed by atoms with van der Waals surface area (Å²) in [6, 6.07) is 14.2. The first-order valence-corrected chi connectivity index (χ1v) is 11.1. The minimum Gasteiger partial charge on any atom is -0.493 e. The number of ether oxygens (including phenoxy) is 1. The van der Waals surface area contributed by atoms with E-state index >= 15 is 0 Å². The lowest BCUT2D eigenvalue weighted by molar-refractivity contribution is 0.0746. The van der Waals surface area contributed by atoms with E-state index in [2.05, 4.69) is 20.2 Å². The number of halogens is 1. The van der Waals surface area contributed by atoms with Gasteiger partial charge in [0.15, 0.2) is 0 Å². The van der Waals surface area contributed by atoms with Crippen molar-refractivity contribution in [2.75, 3.05) is 43.0 Å². The molecule has 8 nitrogen and oxygen atoms in total. The van der Waals surface area contributed by atoms with Gasteiger partial charge in [0.2, 0.25) is 0 Å². The lowest BCUT2D eigenvalue weighted by atomic mass is 10.2. The summed E-state index contributed by atoms with van der Waals surface area (Å²) in [4.78, 5) is 37.7. The number of hydrogen-bond donors (Lipinski definition) is 1. The number of para-hydroxylation sites is 1. The highest BCUT2D eigenvalue weighted by Crippen LogP contribution is 2.22. The molecule has 2 aromatic heterocycles. The monoisotopic (exact) mass is 465 g/mol. The molecule has 0 bridgehead atoms. The molecule has 0 aliphatic carbocycles. The van der Waals surface area contributed by atoms with Crippen LogP contribution in [-0.2, 0) is 0 Å². The van der Waals surface area contributed by atoms with Crippen molar-refractivity contribution in [3.63, 3.8) is 0 Å². The molecule has 33 heavy (non-hydrogen) atoms. The zero-order valence-corrected chi connectivity index (χ0v) is 19.0. The molecule has 9 heteroatoms. The third-order valence-electron chi connectivity index (χ3n) is 5.32. The van der Waals surface area contributed by atoms with Crippen molar-refractivity contribution in [1.82, 2.24) is 14.9 Å². The summed E-state index contributed by atoms with van der Waals surface area (Å²) in [5.74, 6) is 0.956. The van der Waals surface area contributed by atoms with Crippen molar-refractivity contribution >= 4 is 34.9 Å². The topological polar surface area (TPSA) is 87.7 Å². The molecule has 0 unspecified atom stereocenters. The molecule has 0 radical (unpaired) electrons. The molecule has 1 fully saturated rings. The van der Waals surface area contributed by atoms with Crippen LogP contribution in [0.2, 0.25) is 5.15 Å². The smallest absolute Gasteiger partial charge is 0.259 e. The van der Waals surface area contributed by atoms with Crippen molar-refractivity contribution in [2.24, 2.45) is 0 Å². The molecule has 1 aliphatic rings. The molecular formula is C24H24ClN5O3. The van der Waals surface area contributed by atoms with Crippen LogP contribution in [0.25, 0.3) is 0 Å². The number of anilines is 2. The van der Waals surface area contributed by atoms with Gasteiger partial charge in [-0.1, -0.05) is 23.7 Å². The Bertz CT molecular complexity index is 1130. The highest BCUT2D eigenvalue weighted by Gasteiger charge is 2.24. The Hall–Kier alpha value is -3.65. The van der Waals surface area contributed by atoms with Crippen LogP contribution in [0.5, 0.6) is 5.75 Å². The van der Waals surface area contributed by atoms with Crippen molar-refractivity contribution in [1.29, 1.82) is 0 Å². The van der Waals surface area contributed by atoms with Gasteiger partial charge in [-0.25, -0.2) is 9.97 Å². The molecule has 4 rings (SSSR count). The van der Waals surface area contributed by atoms with Crippen LogP contribution < -0.4 is 15.0 Å². The molecule has 1 aromatic carbocycles. The Kier molecular flexibility index (Phi) is 7.04. The number of carbonyl (C=O) groups is 2. The van der Waals surface area contributed by atoms with E-state index in [4.69, 9.17) is 16.3 Å². The summed E-state index contributed by atoms with van der Waals surface area (Å²) in [6.45, 7) is 4.75. The van der Waals surface area contributed by atoms with Gasteiger partial charge in [0.05, 0.1) is 29.6 Å². The van der Waals surface area contributed by atoms with E-state index in [0.29, 0.717) is 55.3 Å². The van der Waals surface area contributed by atoms with E-state index in [-0.39, 0.29) is 17.0 Å². The molecule has 2 amide bonds. The Morgan fingerprint density at radius 1 is 1.00 bits per heavy atom. The molecule has 170 valence electrons. The van der Waals surface area contributed by atoms with Crippen LogP contribution in [0.3, 0.4) is 0 Å². The van der Waals surface area contributed by atoms with Crippen LogP contribution >= 0.6 is 11.6 Å². The number of piperazine rings is 1. The van der Waals surface area contributed by atoms with Gasteiger partial charge < -0.3 is 19.9 Å². The summed E-state index contributed by atoms with van der Waals surface area (Å²) in [7, 11) is 0. The Morgan fingerprint density at radius 3 is 2.45 bits per heavy atom. The summed E-state index contributed by atoms with van der Waals surface area (Å²) >= 11 is 6.06. The average molecular weight is 466 g/mol. The maximum Gasteiger partial charge on any atom is 0.259 e. The number of rotatable bonds is 6. The molecule has 0 spiro atoms. The Labute approximate surface area is 197 Å². The van der Waals surface area contributed by atoms with Gasteiger partial charge in [-0.3, -0.25) is 9.59 Å². The number of nitrogens with zero attached hydrogens (tertiary/aromatic N) is 4. The first kappa shape index (κ1) is 22.5. The molecule has 0 saturated carbocycles.